The van der Waals surface area contributed by atoms with Crippen molar-refractivity contribution in [2.24, 2.45) is 23.7 Å². The van der Waals surface area contributed by atoms with Crippen LogP contribution in [0.2, 0.25) is 0 Å². The van der Waals surface area contributed by atoms with E-state index in [1.807, 2.05) is 12.2 Å². The van der Waals surface area contributed by atoms with Crippen LogP contribution in [0.5, 0.6) is 0 Å². The molecule has 0 aromatic heterocycles. The Kier molecular flexibility index (Phi) is 4.02. The van der Waals surface area contributed by atoms with Crippen LogP contribution in [0, 0.1) is 33.8 Å². The molecule has 1 saturated heterocycles. The van der Waals surface area contributed by atoms with E-state index in [0.29, 0.717) is 16.9 Å². The number of nitro benzene ring substituents is 1. The van der Waals surface area contributed by atoms with Gasteiger partial charge in [0.05, 0.1) is 22.4 Å². The number of anilines is 2. The highest BCUT2D eigenvalue weighted by atomic mass is 16.6. The molecule has 8 nitrogen and oxygen atoms in total. The molecule has 1 aliphatic heterocycles. The third-order valence-electron chi connectivity index (χ3n) is 6.19. The number of benzene rings is 2. The molecule has 2 fully saturated rings. The number of carbonyl (C=O) groups is 3. The predicted molar refractivity (Wildman–Crippen MR) is 108 cm³/mol. The van der Waals surface area contributed by atoms with Crippen molar-refractivity contribution in [3.8, 4) is 0 Å². The van der Waals surface area contributed by atoms with E-state index in [2.05, 4.69) is 5.32 Å². The minimum atomic E-state index is -0.513. The summed E-state index contributed by atoms with van der Waals surface area (Å²) in [7, 11) is 0. The monoisotopic (exact) mass is 403 g/mol. The first-order valence-corrected chi connectivity index (χ1v) is 9.66. The Morgan fingerprint density at radius 2 is 1.50 bits per heavy atom. The van der Waals surface area contributed by atoms with Crippen molar-refractivity contribution < 1.29 is 19.3 Å². The average Bonchev–Trinajstić information content (AvgIpc) is 3.42. The minimum absolute atomic E-state index is 0.0642. The third kappa shape index (κ3) is 2.72. The Morgan fingerprint density at radius 3 is 2.03 bits per heavy atom. The summed E-state index contributed by atoms with van der Waals surface area (Å²) in [6, 6.07) is 11.8. The highest BCUT2D eigenvalue weighted by molar-refractivity contribution is 6.23. The van der Waals surface area contributed by atoms with Gasteiger partial charge >= 0.3 is 0 Å². The molecule has 2 bridgehead atoms. The highest BCUT2D eigenvalue weighted by Crippen LogP contribution is 2.53. The molecule has 30 heavy (non-hydrogen) atoms. The van der Waals surface area contributed by atoms with E-state index in [0.717, 1.165) is 6.42 Å². The zero-order valence-electron chi connectivity index (χ0n) is 15.7. The summed E-state index contributed by atoms with van der Waals surface area (Å²) in [6.07, 6.45) is 4.97. The molecule has 2 aromatic carbocycles. The van der Waals surface area contributed by atoms with Gasteiger partial charge in [-0.2, -0.15) is 0 Å². The first-order valence-electron chi connectivity index (χ1n) is 9.66. The molecule has 1 heterocycles. The zero-order chi connectivity index (χ0) is 21.0. The number of non-ortho nitro benzene ring substituents is 1. The summed E-state index contributed by atoms with van der Waals surface area (Å²) in [6.45, 7) is 0. The van der Waals surface area contributed by atoms with Crippen molar-refractivity contribution in [2.75, 3.05) is 10.2 Å². The number of imide groups is 1. The first-order chi connectivity index (χ1) is 14.4. The molecule has 5 rings (SSSR count). The van der Waals surface area contributed by atoms with Gasteiger partial charge in [-0.1, -0.05) is 12.2 Å². The van der Waals surface area contributed by atoms with Crippen molar-refractivity contribution in [3.63, 3.8) is 0 Å². The van der Waals surface area contributed by atoms with Crippen molar-refractivity contribution in [3.05, 3.63) is 76.4 Å². The zero-order valence-corrected chi connectivity index (χ0v) is 15.7. The molecule has 3 amide bonds. The van der Waals surface area contributed by atoms with Gasteiger partial charge in [-0.25, -0.2) is 0 Å². The van der Waals surface area contributed by atoms with Crippen LogP contribution < -0.4 is 10.2 Å². The maximum Gasteiger partial charge on any atom is 0.269 e. The van der Waals surface area contributed by atoms with Crippen molar-refractivity contribution in [2.45, 2.75) is 6.42 Å². The quantitative estimate of drug-likeness (QED) is 0.365. The molecule has 1 saturated carbocycles. The van der Waals surface area contributed by atoms with Crippen molar-refractivity contribution in [1.82, 2.24) is 0 Å². The summed E-state index contributed by atoms with van der Waals surface area (Å²) in [5, 5.41) is 13.4. The molecular weight excluding hydrogens is 386 g/mol. The van der Waals surface area contributed by atoms with Gasteiger partial charge in [-0.15, -0.1) is 0 Å². The summed E-state index contributed by atoms with van der Waals surface area (Å²) in [4.78, 5) is 49.6. The summed E-state index contributed by atoms with van der Waals surface area (Å²) >= 11 is 0. The summed E-state index contributed by atoms with van der Waals surface area (Å²) < 4.78 is 0. The molecule has 4 atom stereocenters. The largest absolute Gasteiger partial charge is 0.322 e. The van der Waals surface area contributed by atoms with Gasteiger partial charge in [0.1, 0.15) is 0 Å². The highest BCUT2D eigenvalue weighted by Gasteiger charge is 2.59. The van der Waals surface area contributed by atoms with Gasteiger partial charge in [-0.05, 0) is 54.7 Å². The lowest BCUT2D eigenvalue weighted by Gasteiger charge is -2.17. The van der Waals surface area contributed by atoms with Crippen LogP contribution in [0.1, 0.15) is 16.8 Å². The lowest BCUT2D eigenvalue weighted by molar-refractivity contribution is -0.384. The second-order valence-corrected chi connectivity index (χ2v) is 7.82. The maximum absolute atomic E-state index is 12.9. The standard InChI is InChI=1S/C22H17N3O5/c26-20(23-15-5-9-17(10-6-15)25(29)30)12-3-7-16(8-4-12)24-21(27)18-13-1-2-14(11-13)19(18)22(24)28/h1-10,13-14,18-19H,11H2,(H,23,26). The van der Waals surface area contributed by atoms with E-state index in [1.165, 1.54) is 29.2 Å². The van der Waals surface area contributed by atoms with Gasteiger partial charge in [0.2, 0.25) is 11.8 Å². The molecule has 0 spiro atoms. The Balaban J connectivity index is 1.31. The number of hydrogen-bond donors (Lipinski definition) is 1. The van der Waals surface area contributed by atoms with E-state index in [9.17, 15) is 24.5 Å². The van der Waals surface area contributed by atoms with Crippen molar-refractivity contribution >= 4 is 34.8 Å². The predicted octanol–water partition coefficient (Wildman–Crippen LogP) is 3.16. The summed E-state index contributed by atoms with van der Waals surface area (Å²) in [5.74, 6) is -0.958. The van der Waals surface area contributed by atoms with E-state index < -0.39 is 10.8 Å². The maximum atomic E-state index is 12.9. The molecular formula is C22H17N3O5. The topological polar surface area (TPSA) is 110 Å². The molecule has 2 aliphatic carbocycles. The van der Waals surface area contributed by atoms with Gasteiger partial charge in [0.15, 0.2) is 0 Å². The van der Waals surface area contributed by atoms with E-state index in [-0.39, 0.29) is 41.2 Å². The Labute approximate surface area is 171 Å². The van der Waals surface area contributed by atoms with E-state index in [1.54, 1.807) is 24.3 Å². The molecule has 0 radical (unpaired) electrons. The van der Waals surface area contributed by atoms with Gasteiger partial charge in [-0.3, -0.25) is 29.4 Å². The normalized spacial score (nSPS) is 26.2. The van der Waals surface area contributed by atoms with Crippen LogP contribution in [0.25, 0.3) is 0 Å². The molecule has 4 unspecified atom stereocenters. The van der Waals surface area contributed by atoms with Crippen LogP contribution in [0.3, 0.4) is 0 Å². The lowest BCUT2D eigenvalue weighted by atomic mass is 9.85. The third-order valence-corrected chi connectivity index (χ3v) is 6.19. The second kappa shape index (κ2) is 6.62. The number of nitrogens with one attached hydrogen (secondary N) is 1. The fourth-order valence-electron chi connectivity index (χ4n) is 4.79. The number of hydrogen-bond acceptors (Lipinski definition) is 5. The molecule has 150 valence electrons. The Morgan fingerprint density at radius 1 is 0.933 bits per heavy atom. The van der Waals surface area contributed by atoms with Crippen LogP contribution in [-0.2, 0) is 9.59 Å². The first kappa shape index (κ1) is 18.2. The molecule has 8 heteroatoms. The molecule has 3 aliphatic rings. The number of rotatable bonds is 4. The average molecular weight is 403 g/mol. The number of fused-ring (bicyclic) bond motifs is 5. The summed E-state index contributed by atoms with van der Waals surface area (Å²) in [5.41, 5.74) is 1.17. The fourth-order valence-corrected chi connectivity index (χ4v) is 4.79. The lowest BCUT2D eigenvalue weighted by Crippen LogP contribution is -2.32. The van der Waals surface area contributed by atoms with E-state index >= 15 is 0 Å². The Hall–Kier alpha value is -3.81. The smallest absolute Gasteiger partial charge is 0.269 e. The van der Waals surface area contributed by atoms with Gasteiger partial charge < -0.3 is 5.32 Å². The van der Waals surface area contributed by atoms with Crippen LogP contribution in [0.15, 0.2) is 60.7 Å². The Bertz CT molecular complexity index is 1080. The molecule has 1 N–H and O–H groups in total. The SMILES string of the molecule is O=C(Nc1ccc([N+](=O)[O-])cc1)c1ccc(N2C(=O)C3C4C=CC(C4)C3C2=O)cc1. The van der Waals surface area contributed by atoms with Gasteiger partial charge in [0.25, 0.3) is 11.6 Å². The minimum Gasteiger partial charge on any atom is -0.322 e. The van der Waals surface area contributed by atoms with Gasteiger partial charge in [0, 0.05) is 23.4 Å². The molecule has 2 aromatic rings. The second-order valence-electron chi connectivity index (χ2n) is 7.82. The number of carbonyl (C=O) groups excluding carboxylic acids is 3. The number of nitrogens with zero attached hydrogens (tertiary/aromatic N) is 2. The van der Waals surface area contributed by atoms with Crippen LogP contribution in [-0.4, -0.2) is 22.6 Å². The number of allylic oxidation sites excluding steroid dienone is 2. The number of amides is 3. The van der Waals surface area contributed by atoms with Crippen LogP contribution >= 0.6 is 0 Å². The number of nitro groups is 1. The van der Waals surface area contributed by atoms with E-state index in [4.69, 9.17) is 0 Å². The fraction of sp³-hybridized carbons (Fsp3) is 0.227. The van der Waals surface area contributed by atoms with Crippen molar-refractivity contribution in [1.29, 1.82) is 0 Å². The van der Waals surface area contributed by atoms with Crippen LogP contribution in [0.4, 0.5) is 17.1 Å².